The molecule has 94 valence electrons. The Morgan fingerprint density at radius 2 is 2.00 bits per heavy atom. The molecule has 0 aromatic carbocycles. The first-order valence-corrected chi connectivity index (χ1v) is 5.99. The van der Waals surface area contributed by atoms with E-state index in [1.54, 1.807) is 0 Å². The van der Waals surface area contributed by atoms with E-state index in [0.717, 1.165) is 19.3 Å². The molecule has 1 unspecified atom stereocenters. The number of aliphatic hydroxyl groups excluding tert-OH is 1. The van der Waals surface area contributed by atoms with Crippen LogP contribution in [0.1, 0.15) is 47.0 Å². The van der Waals surface area contributed by atoms with Gasteiger partial charge >= 0.3 is 0 Å². The second-order valence-electron chi connectivity index (χ2n) is 5.90. The fourth-order valence-electron chi connectivity index (χ4n) is 1.95. The molecule has 0 aliphatic heterocycles. The Hall–Kier alpha value is -0.610. The molecule has 1 saturated carbocycles. The molecule has 0 aromatic rings. The lowest BCUT2D eigenvalue weighted by Crippen LogP contribution is -2.61. The van der Waals surface area contributed by atoms with Gasteiger partial charge in [0.15, 0.2) is 0 Å². The van der Waals surface area contributed by atoms with Crippen LogP contribution in [0.25, 0.3) is 0 Å². The first-order valence-electron chi connectivity index (χ1n) is 5.99. The highest BCUT2D eigenvalue weighted by molar-refractivity contribution is 5.82. The summed E-state index contributed by atoms with van der Waals surface area (Å²) >= 11 is 0. The van der Waals surface area contributed by atoms with Gasteiger partial charge in [-0.1, -0.05) is 0 Å². The molecule has 4 heteroatoms. The number of carbonyl (C=O) groups is 1. The van der Waals surface area contributed by atoms with Crippen LogP contribution in [0.15, 0.2) is 0 Å². The lowest BCUT2D eigenvalue weighted by atomic mass is 9.77. The van der Waals surface area contributed by atoms with Crippen molar-refractivity contribution in [2.24, 2.45) is 0 Å². The zero-order valence-electron chi connectivity index (χ0n) is 10.8. The fraction of sp³-hybridized carbons (Fsp3) is 0.917. The molecule has 16 heavy (non-hydrogen) atoms. The van der Waals surface area contributed by atoms with Gasteiger partial charge in [0, 0.05) is 11.1 Å². The number of aliphatic hydroxyl groups is 1. The summed E-state index contributed by atoms with van der Waals surface area (Å²) in [6.45, 7) is 7.84. The highest BCUT2D eigenvalue weighted by Crippen LogP contribution is 2.31. The Labute approximate surface area is 97.8 Å². The summed E-state index contributed by atoms with van der Waals surface area (Å²) in [5.41, 5.74) is -0.423. The Morgan fingerprint density at radius 1 is 1.44 bits per heavy atom. The molecular formula is C12H24N2O2. The van der Waals surface area contributed by atoms with Crippen molar-refractivity contribution >= 4 is 5.91 Å². The highest BCUT2D eigenvalue weighted by atomic mass is 16.3. The molecule has 3 N–H and O–H groups in total. The summed E-state index contributed by atoms with van der Waals surface area (Å²) in [7, 11) is 0. The Morgan fingerprint density at radius 3 is 2.31 bits per heavy atom. The average molecular weight is 228 g/mol. The predicted molar refractivity (Wildman–Crippen MR) is 64.2 cm³/mol. The lowest BCUT2D eigenvalue weighted by Gasteiger charge is -2.43. The van der Waals surface area contributed by atoms with Crippen molar-refractivity contribution in [3.8, 4) is 0 Å². The zero-order valence-corrected chi connectivity index (χ0v) is 10.8. The first-order chi connectivity index (χ1) is 7.28. The van der Waals surface area contributed by atoms with Crippen molar-refractivity contribution in [1.29, 1.82) is 0 Å². The molecule has 1 aliphatic rings. The number of hydrogen-bond donors (Lipinski definition) is 3. The van der Waals surface area contributed by atoms with Gasteiger partial charge in [-0.3, -0.25) is 10.1 Å². The monoisotopic (exact) mass is 228 g/mol. The van der Waals surface area contributed by atoms with E-state index in [2.05, 4.69) is 10.6 Å². The predicted octanol–water partition coefficient (Wildman–Crippen LogP) is 0.794. The minimum atomic E-state index is -0.258. The Balaban J connectivity index is 2.45. The smallest absolute Gasteiger partial charge is 0.237 e. The van der Waals surface area contributed by atoms with Gasteiger partial charge in [0.25, 0.3) is 0 Å². The van der Waals surface area contributed by atoms with Gasteiger partial charge in [-0.2, -0.15) is 0 Å². The van der Waals surface area contributed by atoms with E-state index in [-0.39, 0.29) is 29.6 Å². The van der Waals surface area contributed by atoms with Gasteiger partial charge in [0.05, 0.1) is 12.6 Å². The summed E-state index contributed by atoms with van der Waals surface area (Å²) in [5, 5.41) is 15.5. The average Bonchev–Trinajstić information content (AvgIpc) is 2.08. The zero-order chi connectivity index (χ0) is 12.4. The Bertz CT molecular complexity index is 249. The van der Waals surface area contributed by atoms with Crippen molar-refractivity contribution < 1.29 is 9.90 Å². The molecule has 0 spiro atoms. The second kappa shape index (κ2) is 4.72. The van der Waals surface area contributed by atoms with Crippen LogP contribution in [0.3, 0.4) is 0 Å². The van der Waals surface area contributed by atoms with Crippen molar-refractivity contribution in [2.75, 3.05) is 6.61 Å². The summed E-state index contributed by atoms with van der Waals surface area (Å²) in [5.74, 6) is -0.00720. The largest absolute Gasteiger partial charge is 0.394 e. The van der Waals surface area contributed by atoms with Gasteiger partial charge in [0.2, 0.25) is 5.91 Å². The summed E-state index contributed by atoms with van der Waals surface area (Å²) in [6, 6.07) is -0.258. The highest BCUT2D eigenvalue weighted by Gasteiger charge is 2.38. The molecule has 0 bridgehead atoms. The van der Waals surface area contributed by atoms with Crippen molar-refractivity contribution in [1.82, 2.24) is 10.6 Å². The van der Waals surface area contributed by atoms with Crippen molar-refractivity contribution in [3.63, 3.8) is 0 Å². The molecule has 4 nitrogen and oxygen atoms in total. The molecule has 0 saturated heterocycles. The van der Waals surface area contributed by atoms with Crippen LogP contribution in [-0.4, -0.2) is 34.7 Å². The first kappa shape index (κ1) is 13.5. The standard InChI is InChI=1S/C12H24N2O2/c1-9(10(16)14-11(2,3)4)13-12(8-15)6-5-7-12/h9,13,15H,5-8H2,1-4H3,(H,14,16). The summed E-state index contributed by atoms with van der Waals surface area (Å²) in [4.78, 5) is 11.8. The fourth-order valence-corrected chi connectivity index (χ4v) is 1.95. The van der Waals surface area contributed by atoms with Crippen LogP contribution in [0.5, 0.6) is 0 Å². The molecule has 0 heterocycles. The van der Waals surface area contributed by atoms with E-state index >= 15 is 0 Å². The van der Waals surface area contributed by atoms with E-state index in [1.807, 2.05) is 27.7 Å². The molecule has 1 rings (SSSR count). The number of rotatable bonds is 4. The van der Waals surface area contributed by atoms with E-state index in [0.29, 0.717) is 0 Å². The molecule has 1 fully saturated rings. The maximum atomic E-state index is 11.8. The molecule has 0 radical (unpaired) electrons. The van der Waals surface area contributed by atoms with Crippen LogP contribution in [0.4, 0.5) is 0 Å². The van der Waals surface area contributed by atoms with Gasteiger partial charge in [-0.15, -0.1) is 0 Å². The molecule has 1 aliphatic carbocycles. The number of carbonyl (C=O) groups excluding carboxylic acids is 1. The third kappa shape index (κ3) is 3.46. The SMILES string of the molecule is CC(NC1(CO)CCC1)C(=O)NC(C)(C)C. The van der Waals surface area contributed by atoms with Gasteiger partial charge in [-0.25, -0.2) is 0 Å². The van der Waals surface area contributed by atoms with Crippen LogP contribution >= 0.6 is 0 Å². The van der Waals surface area contributed by atoms with Gasteiger partial charge < -0.3 is 10.4 Å². The number of hydrogen-bond acceptors (Lipinski definition) is 3. The molecule has 0 aromatic heterocycles. The van der Waals surface area contributed by atoms with E-state index in [4.69, 9.17) is 0 Å². The van der Waals surface area contributed by atoms with Crippen molar-refractivity contribution in [3.05, 3.63) is 0 Å². The summed E-state index contributed by atoms with van der Waals surface area (Å²) in [6.07, 6.45) is 3.04. The quantitative estimate of drug-likeness (QED) is 0.667. The topological polar surface area (TPSA) is 61.4 Å². The molecular weight excluding hydrogens is 204 g/mol. The molecule has 1 atom stereocenters. The van der Waals surface area contributed by atoms with Crippen LogP contribution in [0.2, 0.25) is 0 Å². The second-order valence-corrected chi connectivity index (χ2v) is 5.90. The Kier molecular flexibility index (Phi) is 3.97. The lowest BCUT2D eigenvalue weighted by molar-refractivity contribution is -0.125. The minimum absolute atomic E-state index is 0.00720. The van der Waals surface area contributed by atoms with Crippen LogP contribution in [-0.2, 0) is 4.79 Å². The van der Waals surface area contributed by atoms with Gasteiger partial charge in [0.1, 0.15) is 0 Å². The maximum absolute atomic E-state index is 11.8. The van der Waals surface area contributed by atoms with Crippen LogP contribution < -0.4 is 10.6 Å². The number of amides is 1. The number of nitrogens with one attached hydrogen (secondary N) is 2. The van der Waals surface area contributed by atoms with Gasteiger partial charge in [-0.05, 0) is 47.0 Å². The molecule has 1 amide bonds. The van der Waals surface area contributed by atoms with E-state index in [1.165, 1.54) is 0 Å². The van der Waals surface area contributed by atoms with E-state index in [9.17, 15) is 9.90 Å². The third-order valence-corrected chi connectivity index (χ3v) is 3.03. The van der Waals surface area contributed by atoms with Crippen LogP contribution in [0, 0.1) is 0 Å². The summed E-state index contributed by atoms with van der Waals surface area (Å²) < 4.78 is 0. The van der Waals surface area contributed by atoms with E-state index < -0.39 is 0 Å². The maximum Gasteiger partial charge on any atom is 0.237 e. The normalized spacial score (nSPS) is 21.1. The van der Waals surface area contributed by atoms with Crippen molar-refractivity contribution in [2.45, 2.75) is 64.1 Å². The third-order valence-electron chi connectivity index (χ3n) is 3.03. The minimum Gasteiger partial charge on any atom is -0.394 e.